The van der Waals surface area contributed by atoms with Crippen LogP contribution in [0.3, 0.4) is 0 Å². The van der Waals surface area contributed by atoms with Crippen LogP contribution in [0.4, 0.5) is 0 Å². The largest absolute Gasteiger partial charge is 0.338 e. The molecule has 0 spiro atoms. The molecule has 0 saturated carbocycles. The summed E-state index contributed by atoms with van der Waals surface area (Å²) >= 11 is 0. The lowest BCUT2D eigenvalue weighted by atomic mass is 10.0. The summed E-state index contributed by atoms with van der Waals surface area (Å²) in [7, 11) is 0.248. The molecule has 0 fully saturated rings. The van der Waals surface area contributed by atoms with Crippen LogP contribution in [0.25, 0.3) is 0 Å². The fourth-order valence-corrected chi connectivity index (χ4v) is 3.46. The third-order valence-electron chi connectivity index (χ3n) is 3.39. The number of quaternary nitrogens is 1. The minimum Gasteiger partial charge on any atom is -0.338 e. The number of nitrogens with one attached hydrogen (secondary N) is 1. The Kier molecular flexibility index (Phi) is 5.12. The minimum absolute atomic E-state index is 0.205. The predicted octanol–water partition coefficient (Wildman–Crippen LogP) is 0.770. The molecule has 1 rings (SSSR count). The van der Waals surface area contributed by atoms with Gasteiger partial charge >= 0.3 is 0 Å². The highest BCUT2D eigenvalue weighted by atomic mass is 32.2. The first-order valence-electron chi connectivity index (χ1n) is 6.42. The van der Waals surface area contributed by atoms with Gasteiger partial charge in [-0.25, -0.2) is 0 Å². The highest BCUT2D eigenvalue weighted by Crippen LogP contribution is 2.27. The number of benzene rings is 1. The lowest BCUT2D eigenvalue weighted by Gasteiger charge is -2.15. The van der Waals surface area contributed by atoms with E-state index in [1.165, 1.54) is 0 Å². The maximum absolute atomic E-state index is 12.3. The van der Waals surface area contributed by atoms with Gasteiger partial charge in [0, 0.05) is 0 Å². The second-order valence-corrected chi connectivity index (χ2v) is 6.87. The number of hydrogen-bond donors (Lipinski definition) is 1. The lowest BCUT2D eigenvalue weighted by Crippen LogP contribution is -3.06. The van der Waals surface area contributed by atoms with E-state index in [0.29, 0.717) is 11.4 Å². The Hall–Kier alpha value is -0.910. The van der Waals surface area contributed by atoms with Crippen LogP contribution in [0.5, 0.6) is 0 Å². The molecule has 5 heteroatoms. The summed E-state index contributed by atoms with van der Waals surface area (Å²) in [6.07, 6.45) is 0. The van der Waals surface area contributed by atoms with Crippen molar-refractivity contribution in [2.45, 2.75) is 32.6 Å². The van der Waals surface area contributed by atoms with E-state index in [9.17, 15) is 8.42 Å². The Bertz CT molecular complexity index is 536. The van der Waals surface area contributed by atoms with Gasteiger partial charge in [-0.1, -0.05) is 6.07 Å². The zero-order valence-electron chi connectivity index (χ0n) is 12.6. The van der Waals surface area contributed by atoms with Crippen molar-refractivity contribution < 1.29 is 17.5 Å². The van der Waals surface area contributed by atoms with Gasteiger partial charge in [-0.15, -0.1) is 0 Å². The van der Waals surface area contributed by atoms with E-state index in [1.807, 2.05) is 47.9 Å². The molecule has 0 heterocycles. The summed E-state index contributed by atoms with van der Waals surface area (Å²) in [6.45, 7) is 8.36. The van der Waals surface area contributed by atoms with Crippen molar-refractivity contribution in [1.29, 1.82) is 0 Å². The van der Waals surface area contributed by atoms with Gasteiger partial charge in [-0.05, 0) is 49.9 Å². The fourth-order valence-electron chi connectivity index (χ4n) is 1.97. The third kappa shape index (κ3) is 3.78. The Morgan fingerprint density at radius 3 is 1.95 bits per heavy atom. The molecule has 19 heavy (non-hydrogen) atoms. The summed E-state index contributed by atoms with van der Waals surface area (Å²) in [6, 6.07) is 2.01. The summed E-state index contributed by atoms with van der Waals surface area (Å²) in [5, 5.41) is 0. The SMILES string of the molecule is Cc1cc(C)c(C)c(S(=O)(=O)OCC[NH+](C)C)c1C. The van der Waals surface area contributed by atoms with E-state index in [4.69, 9.17) is 4.18 Å². The smallest absolute Gasteiger partial charge is 0.297 e. The van der Waals surface area contributed by atoms with Gasteiger partial charge in [0.25, 0.3) is 10.1 Å². The Morgan fingerprint density at radius 2 is 1.53 bits per heavy atom. The average Bonchev–Trinajstić information content (AvgIpc) is 2.25. The number of aryl methyl sites for hydroxylation is 2. The first kappa shape index (κ1) is 16.1. The monoisotopic (exact) mass is 286 g/mol. The van der Waals surface area contributed by atoms with E-state index in [-0.39, 0.29) is 6.61 Å². The average molecular weight is 286 g/mol. The first-order chi connectivity index (χ1) is 8.66. The second-order valence-electron chi connectivity index (χ2n) is 5.32. The van der Waals surface area contributed by atoms with Crippen LogP contribution in [-0.4, -0.2) is 35.7 Å². The van der Waals surface area contributed by atoms with Crippen molar-refractivity contribution in [1.82, 2.24) is 0 Å². The maximum atomic E-state index is 12.3. The van der Waals surface area contributed by atoms with Crippen LogP contribution in [0.1, 0.15) is 22.3 Å². The molecule has 0 saturated heterocycles. The van der Waals surface area contributed by atoms with Crippen molar-refractivity contribution in [2.24, 2.45) is 0 Å². The standard InChI is InChI=1S/C14H23NO3S/c1-10-9-11(2)13(4)14(12(10)3)19(16,17)18-8-7-15(5)6/h9H,7-8H2,1-6H3/p+1. The van der Waals surface area contributed by atoms with Crippen LogP contribution >= 0.6 is 0 Å². The topological polar surface area (TPSA) is 47.8 Å². The van der Waals surface area contributed by atoms with Gasteiger partial charge in [0.2, 0.25) is 0 Å². The summed E-state index contributed by atoms with van der Waals surface area (Å²) in [5.41, 5.74) is 3.51. The minimum atomic E-state index is -3.68. The summed E-state index contributed by atoms with van der Waals surface area (Å²) in [5.74, 6) is 0. The molecular weight excluding hydrogens is 262 g/mol. The van der Waals surface area contributed by atoms with Crippen molar-refractivity contribution in [3.63, 3.8) is 0 Å². The zero-order valence-corrected chi connectivity index (χ0v) is 13.4. The molecule has 0 aliphatic heterocycles. The predicted molar refractivity (Wildman–Crippen MR) is 76.2 cm³/mol. The Balaban J connectivity index is 3.15. The Labute approximate surface area is 116 Å². The quantitative estimate of drug-likeness (QED) is 0.813. The van der Waals surface area contributed by atoms with Gasteiger partial charge in [0.15, 0.2) is 0 Å². The molecule has 4 nitrogen and oxygen atoms in total. The van der Waals surface area contributed by atoms with E-state index in [2.05, 4.69) is 0 Å². The van der Waals surface area contributed by atoms with E-state index < -0.39 is 10.1 Å². The molecule has 0 radical (unpaired) electrons. The highest BCUT2D eigenvalue weighted by Gasteiger charge is 2.23. The number of rotatable bonds is 5. The molecule has 0 aliphatic carbocycles. The van der Waals surface area contributed by atoms with Crippen LogP contribution in [0.2, 0.25) is 0 Å². The molecule has 1 N–H and O–H groups in total. The van der Waals surface area contributed by atoms with Crippen molar-refractivity contribution in [3.8, 4) is 0 Å². The van der Waals surface area contributed by atoms with Gasteiger partial charge in [0.05, 0.1) is 14.1 Å². The molecule has 0 unspecified atom stereocenters. The molecule has 0 atom stereocenters. The normalized spacial score (nSPS) is 12.2. The number of hydrogen-bond acceptors (Lipinski definition) is 3. The molecule has 0 aliphatic rings. The van der Waals surface area contributed by atoms with Crippen LogP contribution in [0.15, 0.2) is 11.0 Å². The molecule has 1 aromatic rings. The molecule has 1 aromatic carbocycles. The summed E-state index contributed by atoms with van der Waals surface area (Å²) in [4.78, 5) is 1.49. The van der Waals surface area contributed by atoms with Crippen LogP contribution in [0, 0.1) is 27.7 Å². The van der Waals surface area contributed by atoms with Crippen molar-refractivity contribution in [3.05, 3.63) is 28.3 Å². The van der Waals surface area contributed by atoms with Gasteiger partial charge < -0.3 is 4.90 Å². The molecule has 0 bridgehead atoms. The zero-order chi connectivity index (χ0) is 14.8. The van der Waals surface area contributed by atoms with Crippen molar-refractivity contribution >= 4 is 10.1 Å². The van der Waals surface area contributed by atoms with Crippen LogP contribution < -0.4 is 4.90 Å². The summed E-state index contributed by atoms with van der Waals surface area (Å²) < 4.78 is 29.8. The van der Waals surface area contributed by atoms with Gasteiger partial charge in [-0.2, -0.15) is 8.42 Å². The van der Waals surface area contributed by atoms with E-state index >= 15 is 0 Å². The van der Waals surface area contributed by atoms with Gasteiger partial charge in [0.1, 0.15) is 18.0 Å². The number of likely N-dealkylation sites (N-methyl/N-ethyl adjacent to an activating group) is 1. The van der Waals surface area contributed by atoms with E-state index in [0.717, 1.165) is 27.2 Å². The maximum Gasteiger partial charge on any atom is 0.297 e. The van der Waals surface area contributed by atoms with E-state index in [1.54, 1.807) is 0 Å². The lowest BCUT2D eigenvalue weighted by molar-refractivity contribution is -0.858. The Morgan fingerprint density at radius 1 is 1.05 bits per heavy atom. The molecule has 0 amide bonds. The molecule has 0 aromatic heterocycles. The fraction of sp³-hybridized carbons (Fsp3) is 0.571. The van der Waals surface area contributed by atoms with Gasteiger partial charge in [-0.3, -0.25) is 4.18 Å². The molecular formula is C14H24NO3S+. The van der Waals surface area contributed by atoms with Crippen molar-refractivity contribution in [2.75, 3.05) is 27.2 Å². The highest BCUT2D eigenvalue weighted by molar-refractivity contribution is 7.86. The second kappa shape index (κ2) is 6.03. The van der Waals surface area contributed by atoms with Crippen LogP contribution in [-0.2, 0) is 14.3 Å². The first-order valence-corrected chi connectivity index (χ1v) is 7.83. The third-order valence-corrected chi connectivity index (χ3v) is 4.98. The molecule has 108 valence electrons.